The second-order valence-corrected chi connectivity index (χ2v) is 12.8. The third-order valence-corrected chi connectivity index (χ3v) is 8.55. The van der Waals surface area contributed by atoms with E-state index in [4.69, 9.17) is 14.2 Å². The molecule has 8 heteroatoms. The zero-order valence-corrected chi connectivity index (χ0v) is 26.4. The molecule has 2 fully saturated rings. The zero-order valence-electron chi connectivity index (χ0n) is 26.4. The number of nitrogens with one attached hydrogen (secondary N) is 1. The topological polar surface area (TPSA) is 80.3 Å². The fourth-order valence-corrected chi connectivity index (χ4v) is 6.16. The van der Waals surface area contributed by atoms with Crippen molar-refractivity contribution in [2.45, 2.75) is 70.1 Å². The Morgan fingerprint density at radius 1 is 0.864 bits per heavy atom. The van der Waals surface area contributed by atoms with E-state index >= 15 is 0 Å². The lowest BCUT2D eigenvalue weighted by molar-refractivity contribution is -0.129. The molecule has 2 saturated heterocycles. The summed E-state index contributed by atoms with van der Waals surface area (Å²) in [5, 5.41) is 3.41. The van der Waals surface area contributed by atoms with Crippen LogP contribution in [0.1, 0.15) is 57.6 Å². The van der Waals surface area contributed by atoms with Gasteiger partial charge in [0.05, 0.1) is 12.5 Å². The molecule has 8 nitrogen and oxygen atoms in total. The second kappa shape index (κ2) is 13.7. The summed E-state index contributed by atoms with van der Waals surface area (Å²) >= 11 is 0. The molecule has 2 aliphatic rings. The van der Waals surface area contributed by atoms with Crippen LogP contribution in [0, 0.1) is 0 Å². The van der Waals surface area contributed by atoms with Crippen LogP contribution in [0.25, 0.3) is 0 Å². The maximum atomic E-state index is 14.0. The summed E-state index contributed by atoms with van der Waals surface area (Å²) in [5.74, 6) is 2.22. The largest absolute Gasteiger partial charge is 0.493 e. The average Bonchev–Trinajstić information content (AvgIpc) is 3.02. The Morgan fingerprint density at radius 2 is 1.52 bits per heavy atom. The molecule has 0 saturated carbocycles. The Labute approximate surface area is 261 Å². The Kier molecular flexibility index (Phi) is 9.79. The number of rotatable bonds is 8. The Bertz CT molecular complexity index is 1400. The van der Waals surface area contributed by atoms with E-state index in [0.717, 1.165) is 43.8 Å². The maximum absolute atomic E-state index is 14.0. The molecule has 0 bridgehead atoms. The lowest BCUT2D eigenvalue weighted by atomic mass is 9.71. The van der Waals surface area contributed by atoms with Crippen molar-refractivity contribution in [1.82, 2.24) is 15.1 Å². The van der Waals surface area contributed by atoms with Crippen LogP contribution in [0.5, 0.6) is 17.2 Å². The standard InChI is InChI=1S/C36H45N3O5/c1-35(2,3)44-34(41)39-23-19-36(20-24-39,28-12-6-5-7-13-28)33(40)37-29-17-21-38(22-18-29)26-27-11-10-14-30(25-27)43-32-16-9-8-15-31(32)42-4/h5-16,25,29H,17-24,26H2,1-4H3,(H,37,40). The molecule has 0 spiro atoms. The number of nitrogens with zero attached hydrogens (tertiary/aromatic N) is 2. The molecule has 2 heterocycles. The first-order valence-corrected chi connectivity index (χ1v) is 15.6. The van der Waals surface area contributed by atoms with Crippen molar-refractivity contribution in [2.75, 3.05) is 33.3 Å². The fraction of sp³-hybridized carbons (Fsp3) is 0.444. The van der Waals surface area contributed by atoms with Gasteiger partial charge in [0.2, 0.25) is 5.91 Å². The minimum atomic E-state index is -0.668. The number of para-hydroxylation sites is 2. The number of ether oxygens (including phenoxy) is 3. The monoisotopic (exact) mass is 599 g/mol. The summed E-state index contributed by atoms with van der Waals surface area (Å²) in [6, 6.07) is 25.9. The number of carbonyl (C=O) groups is 2. The molecule has 2 amide bonds. The van der Waals surface area contributed by atoms with Gasteiger partial charge in [-0.05, 0) is 81.8 Å². The summed E-state index contributed by atoms with van der Waals surface area (Å²) in [4.78, 5) is 30.9. The van der Waals surface area contributed by atoms with Crippen molar-refractivity contribution < 1.29 is 23.8 Å². The van der Waals surface area contributed by atoms with Gasteiger partial charge < -0.3 is 24.4 Å². The summed E-state index contributed by atoms with van der Waals surface area (Å²) in [7, 11) is 1.64. The van der Waals surface area contributed by atoms with Gasteiger partial charge in [0, 0.05) is 38.8 Å². The van der Waals surface area contributed by atoms with Gasteiger partial charge in [-0.1, -0.05) is 54.6 Å². The van der Waals surface area contributed by atoms with Crippen LogP contribution in [0.15, 0.2) is 78.9 Å². The van der Waals surface area contributed by atoms with Crippen molar-refractivity contribution in [2.24, 2.45) is 0 Å². The van der Waals surface area contributed by atoms with Crippen molar-refractivity contribution >= 4 is 12.0 Å². The second-order valence-electron chi connectivity index (χ2n) is 12.8. The third kappa shape index (κ3) is 7.72. The van der Waals surface area contributed by atoms with E-state index < -0.39 is 11.0 Å². The van der Waals surface area contributed by atoms with Gasteiger partial charge in [0.25, 0.3) is 0 Å². The number of hydrogen-bond acceptors (Lipinski definition) is 6. The molecule has 234 valence electrons. The molecular weight excluding hydrogens is 554 g/mol. The molecule has 0 atom stereocenters. The number of likely N-dealkylation sites (tertiary alicyclic amines) is 2. The van der Waals surface area contributed by atoms with E-state index in [0.29, 0.717) is 37.4 Å². The van der Waals surface area contributed by atoms with Gasteiger partial charge in [-0.3, -0.25) is 9.69 Å². The number of amides is 2. The highest BCUT2D eigenvalue weighted by Gasteiger charge is 2.45. The highest BCUT2D eigenvalue weighted by molar-refractivity contribution is 5.89. The average molecular weight is 600 g/mol. The molecule has 0 unspecified atom stereocenters. The van der Waals surface area contributed by atoms with E-state index in [2.05, 4.69) is 22.3 Å². The minimum absolute atomic E-state index is 0.0622. The molecule has 0 aromatic heterocycles. The first kappa shape index (κ1) is 31.4. The van der Waals surface area contributed by atoms with Crippen LogP contribution < -0.4 is 14.8 Å². The number of carbonyl (C=O) groups excluding carboxylic acids is 2. The van der Waals surface area contributed by atoms with Crippen LogP contribution in [0.3, 0.4) is 0 Å². The van der Waals surface area contributed by atoms with Gasteiger partial charge in [-0.2, -0.15) is 0 Å². The smallest absolute Gasteiger partial charge is 0.410 e. The van der Waals surface area contributed by atoms with Gasteiger partial charge in [-0.25, -0.2) is 4.79 Å². The molecule has 3 aromatic carbocycles. The first-order chi connectivity index (χ1) is 21.1. The van der Waals surface area contributed by atoms with Crippen molar-refractivity contribution in [1.29, 1.82) is 0 Å². The van der Waals surface area contributed by atoms with E-state index in [1.165, 1.54) is 5.56 Å². The predicted molar refractivity (Wildman–Crippen MR) is 171 cm³/mol. The quantitative estimate of drug-likeness (QED) is 0.317. The summed E-state index contributed by atoms with van der Waals surface area (Å²) in [6.45, 7) is 9.19. The van der Waals surface area contributed by atoms with Crippen LogP contribution in [-0.4, -0.2) is 66.7 Å². The van der Waals surface area contributed by atoms with Crippen molar-refractivity contribution in [3.05, 3.63) is 90.0 Å². The highest BCUT2D eigenvalue weighted by atomic mass is 16.6. The highest BCUT2D eigenvalue weighted by Crippen LogP contribution is 2.37. The van der Waals surface area contributed by atoms with Gasteiger partial charge in [0.1, 0.15) is 11.4 Å². The number of piperidine rings is 2. The third-order valence-electron chi connectivity index (χ3n) is 8.55. The zero-order chi connectivity index (χ0) is 31.2. The number of methoxy groups -OCH3 is 1. The summed E-state index contributed by atoms with van der Waals surface area (Å²) in [5.41, 5.74) is 0.969. The molecule has 44 heavy (non-hydrogen) atoms. The van der Waals surface area contributed by atoms with Crippen LogP contribution in [0.2, 0.25) is 0 Å². The first-order valence-electron chi connectivity index (χ1n) is 15.6. The molecule has 2 aliphatic heterocycles. The number of hydrogen-bond donors (Lipinski definition) is 1. The summed E-state index contributed by atoms with van der Waals surface area (Å²) in [6.07, 6.45) is 2.59. The van der Waals surface area contributed by atoms with Crippen LogP contribution in [-0.2, 0) is 21.5 Å². The maximum Gasteiger partial charge on any atom is 0.410 e. The van der Waals surface area contributed by atoms with Crippen molar-refractivity contribution in [3.8, 4) is 17.2 Å². The summed E-state index contributed by atoms with van der Waals surface area (Å²) < 4.78 is 17.1. The molecular formula is C36H45N3O5. The van der Waals surface area contributed by atoms with Crippen molar-refractivity contribution in [3.63, 3.8) is 0 Å². The molecule has 0 radical (unpaired) electrons. The van der Waals surface area contributed by atoms with Crippen LogP contribution >= 0.6 is 0 Å². The molecule has 3 aromatic rings. The number of benzene rings is 3. The van der Waals surface area contributed by atoms with E-state index in [1.807, 2.05) is 87.5 Å². The lowest BCUT2D eigenvalue weighted by Gasteiger charge is -2.42. The SMILES string of the molecule is COc1ccccc1Oc1cccc(CN2CCC(NC(=O)C3(c4ccccc4)CCN(C(=O)OC(C)(C)C)CC3)CC2)c1. The van der Waals surface area contributed by atoms with Gasteiger partial charge >= 0.3 is 6.09 Å². The lowest BCUT2D eigenvalue weighted by Crippen LogP contribution is -2.56. The van der Waals surface area contributed by atoms with Gasteiger partial charge in [-0.15, -0.1) is 0 Å². The van der Waals surface area contributed by atoms with E-state index in [-0.39, 0.29) is 18.0 Å². The molecule has 0 aliphatic carbocycles. The normalized spacial score (nSPS) is 17.5. The molecule has 1 N–H and O–H groups in total. The Hall–Kier alpha value is -4.04. The molecule has 5 rings (SSSR count). The Morgan fingerprint density at radius 3 is 2.18 bits per heavy atom. The minimum Gasteiger partial charge on any atom is -0.493 e. The van der Waals surface area contributed by atoms with E-state index in [9.17, 15) is 9.59 Å². The fourth-order valence-electron chi connectivity index (χ4n) is 6.16. The predicted octanol–water partition coefficient (Wildman–Crippen LogP) is 6.54. The van der Waals surface area contributed by atoms with Crippen LogP contribution in [0.4, 0.5) is 4.79 Å². The Balaban J connectivity index is 1.17. The van der Waals surface area contributed by atoms with Gasteiger partial charge in [0.15, 0.2) is 11.5 Å². The van der Waals surface area contributed by atoms with E-state index in [1.54, 1.807) is 12.0 Å².